The van der Waals surface area contributed by atoms with Crippen molar-refractivity contribution >= 4 is 27.5 Å². The van der Waals surface area contributed by atoms with Crippen LogP contribution in [0.1, 0.15) is 24.5 Å². The van der Waals surface area contributed by atoms with E-state index in [2.05, 4.69) is 22.9 Å². The Balaban J connectivity index is 2.83. The van der Waals surface area contributed by atoms with Crippen LogP contribution in [0.25, 0.3) is 0 Å². The highest BCUT2D eigenvalue weighted by molar-refractivity contribution is 9.09. The van der Waals surface area contributed by atoms with Crippen LogP contribution in [0.3, 0.4) is 0 Å². The summed E-state index contributed by atoms with van der Waals surface area (Å²) in [7, 11) is 0. The summed E-state index contributed by atoms with van der Waals surface area (Å²) < 4.78 is 13.6. The lowest BCUT2D eigenvalue weighted by atomic mass is 10.1. The van der Waals surface area contributed by atoms with Gasteiger partial charge in [-0.05, 0) is 31.4 Å². The van der Waals surface area contributed by atoms with Crippen LogP contribution in [0.15, 0.2) is 12.1 Å². The Morgan fingerprint density at radius 3 is 2.71 bits per heavy atom. The molecule has 0 saturated heterocycles. The minimum Gasteiger partial charge on any atom is -0.206 e. The van der Waals surface area contributed by atoms with E-state index in [1.165, 1.54) is 0 Å². The van der Waals surface area contributed by atoms with Crippen LogP contribution in [0.5, 0.6) is 0 Å². The van der Waals surface area contributed by atoms with Gasteiger partial charge in [0.05, 0.1) is 0 Å². The number of aryl methyl sites for hydroxylation is 1. The lowest BCUT2D eigenvalue weighted by molar-refractivity contribution is 0.596. The van der Waals surface area contributed by atoms with Crippen molar-refractivity contribution < 1.29 is 4.39 Å². The summed E-state index contributed by atoms with van der Waals surface area (Å²) in [5, 5.41) is 0.498. The molecule has 0 heterocycles. The summed E-state index contributed by atoms with van der Waals surface area (Å²) in [5.41, 5.74) is 1.30. The number of benzene rings is 1. The highest BCUT2D eigenvalue weighted by Crippen LogP contribution is 2.22. The largest absolute Gasteiger partial charge is 0.206 e. The predicted octanol–water partition coefficient (Wildman–Crippen LogP) is 4.50. The SMILES string of the molecule is Cc1c(Cl)ccc(CCC(C)Br)c1F. The van der Waals surface area contributed by atoms with E-state index in [9.17, 15) is 4.39 Å². The van der Waals surface area contributed by atoms with E-state index in [1.54, 1.807) is 19.1 Å². The summed E-state index contributed by atoms with van der Waals surface area (Å²) in [6, 6.07) is 3.52. The molecule has 0 aliphatic carbocycles. The van der Waals surface area contributed by atoms with Crippen molar-refractivity contribution in [1.82, 2.24) is 0 Å². The molecule has 1 unspecified atom stereocenters. The number of alkyl halides is 1. The minimum absolute atomic E-state index is 0.161. The Kier molecular flexibility index (Phi) is 4.39. The second kappa shape index (κ2) is 5.13. The maximum absolute atomic E-state index is 13.6. The zero-order valence-electron chi connectivity index (χ0n) is 8.28. The fourth-order valence-corrected chi connectivity index (χ4v) is 1.64. The molecule has 0 saturated carbocycles. The third kappa shape index (κ3) is 2.96. The summed E-state index contributed by atoms with van der Waals surface area (Å²) in [6.45, 7) is 3.76. The molecule has 0 aromatic heterocycles. The van der Waals surface area contributed by atoms with Crippen LogP contribution in [-0.4, -0.2) is 4.83 Å². The maximum Gasteiger partial charge on any atom is 0.130 e. The van der Waals surface area contributed by atoms with E-state index in [0.717, 1.165) is 18.4 Å². The van der Waals surface area contributed by atoms with E-state index < -0.39 is 0 Å². The molecule has 0 aliphatic rings. The average molecular weight is 280 g/mol. The third-order valence-electron chi connectivity index (χ3n) is 2.21. The highest BCUT2D eigenvalue weighted by atomic mass is 79.9. The Labute approximate surface area is 97.6 Å². The number of halogens is 3. The third-order valence-corrected chi connectivity index (χ3v) is 3.08. The molecule has 14 heavy (non-hydrogen) atoms. The second-order valence-corrected chi connectivity index (χ2v) is 5.44. The first-order valence-corrected chi connectivity index (χ1v) is 5.89. The van der Waals surface area contributed by atoms with Crippen LogP contribution in [-0.2, 0) is 6.42 Å². The topological polar surface area (TPSA) is 0 Å². The smallest absolute Gasteiger partial charge is 0.130 e. The Morgan fingerprint density at radius 2 is 2.14 bits per heavy atom. The number of hydrogen-bond acceptors (Lipinski definition) is 0. The van der Waals surface area contributed by atoms with Crippen molar-refractivity contribution in [2.75, 3.05) is 0 Å². The van der Waals surface area contributed by atoms with Crippen molar-refractivity contribution in [2.24, 2.45) is 0 Å². The summed E-state index contributed by atoms with van der Waals surface area (Å²) in [4.78, 5) is 0.415. The van der Waals surface area contributed by atoms with Crippen LogP contribution in [0, 0.1) is 12.7 Å². The van der Waals surface area contributed by atoms with Crippen molar-refractivity contribution in [2.45, 2.75) is 31.5 Å². The van der Waals surface area contributed by atoms with Gasteiger partial charge in [0.15, 0.2) is 0 Å². The Morgan fingerprint density at radius 1 is 1.50 bits per heavy atom. The first-order valence-electron chi connectivity index (χ1n) is 4.60. The Hall–Kier alpha value is -0.0800. The van der Waals surface area contributed by atoms with Gasteiger partial charge in [-0.1, -0.05) is 40.5 Å². The van der Waals surface area contributed by atoms with Gasteiger partial charge in [0.1, 0.15) is 5.82 Å². The van der Waals surface area contributed by atoms with Gasteiger partial charge in [0.25, 0.3) is 0 Å². The predicted molar refractivity (Wildman–Crippen MR) is 62.9 cm³/mol. The van der Waals surface area contributed by atoms with Crippen molar-refractivity contribution in [1.29, 1.82) is 0 Å². The fourth-order valence-electron chi connectivity index (χ4n) is 1.27. The minimum atomic E-state index is -0.161. The zero-order valence-corrected chi connectivity index (χ0v) is 10.6. The first kappa shape index (κ1) is 12.0. The van der Waals surface area contributed by atoms with Crippen LogP contribution >= 0.6 is 27.5 Å². The van der Waals surface area contributed by atoms with Gasteiger partial charge < -0.3 is 0 Å². The van der Waals surface area contributed by atoms with Crippen molar-refractivity contribution in [3.8, 4) is 0 Å². The van der Waals surface area contributed by atoms with Gasteiger partial charge in [-0.3, -0.25) is 0 Å². The van der Waals surface area contributed by atoms with Crippen molar-refractivity contribution in [3.05, 3.63) is 34.1 Å². The summed E-state index contributed by atoms with van der Waals surface area (Å²) in [6.07, 6.45) is 1.67. The van der Waals surface area contributed by atoms with Crippen LogP contribution in [0.2, 0.25) is 5.02 Å². The molecular formula is C11H13BrClF. The summed E-state index contributed by atoms with van der Waals surface area (Å²) in [5.74, 6) is -0.161. The number of rotatable bonds is 3. The zero-order chi connectivity index (χ0) is 10.7. The van der Waals surface area contributed by atoms with E-state index in [-0.39, 0.29) is 5.82 Å². The molecule has 0 nitrogen and oxygen atoms in total. The molecule has 0 spiro atoms. The van der Waals surface area contributed by atoms with Gasteiger partial charge >= 0.3 is 0 Å². The van der Waals surface area contributed by atoms with E-state index in [1.807, 2.05) is 0 Å². The molecule has 1 atom stereocenters. The van der Waals surface area contributed by atoms with Gasteiger partial charge in [0, 0.05) is 15.4 Å². The second-order valence-electron chi connectivity index (χ2n) is 3.46. The molecule has 0 bridgehead atoms. The molecule has 78 valence electrons. The maximum atomic E-state index is 13.6. The molecule has 1 aromatic carbocycles. The molecule has 3 heteroatoms. The molecule has 0 amide bonds. The van der Waals surface area contributed by atoms with Gasteiger partial charge in [-0.2, -0.15) is 0 Å². The van der Waals surface area contributed by atoms with Gasteiger partial charge in [-0.25, -0.2) is 4.39 Å². The molecule has 0 N–H and O–H groups in total. The average Bonchev–Trinajstić information content (AvgIpc) is 2.13. The van der Waals surface area contributed by atoms with E-state index in [0.29, 0.717) is 15.4 Å². The Bertz CT molecular complexity index is 323. The van der Waals surface area contributed by atoms with Gasteiger partial charge in [-0.15, -0.1) is 0 Å². The standard InChI is InChI=1S/C11H13BrClF/c1-7(12)3-4-9-5-6-10(13)8(2)11(9)14/h5-7H,3-4H2,1-2H3. The normalized spacial score (nSPS) is 12.9. The van der Waals surface area contributed by atoms with Crippen LogP contribution in [0.4, 0.5) is 4.39 Å². The molecular weight excluding hydrogens is 266 g/mol. The lowest BCUT2D eigenvalue weighted by Gasteiger charge is -2.07. The van der Waals surface area contributed by atoms with E-state index >= 15 is 0 Å². The van der Waals surface area contributed by atoms with Gasteiger partial charge in [0.2, 0.25) is 0 Å². The molecule has 0 radical (unpaired) electrons. The monoisotopic (exact) mass is 278 g/mol. The quantitative estimate of drug-likeness (QED) is 0.715. The molecule has 0 aliphatic heterocycles. The van der Waals surface area contributed by atoms with E-state index in [4.69, 9.17) is 11.6 Å². The van der Waals surface area contributed by atoms with Crippen LogP contribution < -0.4 is 0 Å². The van der Waals surface area contributed by atoms with Crippen molar-refractivity contribution in [3.63, 3.8) is 0 Å². The highest BCUT2D eigenvalue weighted by Gasteiger charge is 2.08. The number of hydrogen-bond donors (Lipinski definition) is 0. The molecule has 1 aromatic rings. The summed E-state index contributed by atoms with van der Waals surface area (Å²) >= 11 is 9.24. The molecule has 0 fully saturated rings. The molecule has 1 rings (SSSR count). The lowest BCUT2D eigenvalue weighted by Crippen LogP contribution is -1.98. The fraction of sp³-hybridized carbons (Fsp3) is 0.455. The first-order chi connectivity index (χ1) is 6.52.